The highest BCUT2D eigenvalue weighted by Crippen LogP contribution is 2.34. The van der Waals surface area contributed by atoms with Crippen molar-refractivity contribution in [3.8, 4) is 22.7 Å². The molecule has 1 aliphatic rings. The van der Waals surface area contributed by atoms with E-state index in [1.54, 1.807) is 31.2 Å². The molecule has 12 heteroatoms. The van der Waals surface area contributed by atoms with E-state index in [0.29, 0.717) is 41.2 Å². The van der Waals surface area contributed by atoms with Crippen molar-refractivity contribution < 1.29 is 27.6 Å². The van der Waals surface area contributed by atoms with Crippen LogP contribution in [0, 0.1) is 0 Å². The Morgan fingerprint density at radius 3 is 2.50 bits per heavy atom. The fourth-order valence-corrected chi connectivity index (χ4v) is 6.01. The Hall–Kier alpha value is -2.63. The molecule has 0 bridgehead atoms. The summed E-state index contributed by atoms with van der Waals surface area (Å²) in [5.41, 5.74) is 1.56. The van der Waals surface area contributed by atoms with Gasteiger partial charge in [0.2, 0.25) is 0 Å². The number of carbonyl (C=O) groups excluding carboxylic acids is 1. The zero-order chi connectivity index (χ0) is 27.4. The zero-order valence-electron chi connectivity index (χ0n) is 20.7. The standard InChI is InChI=1S/C26H29Cl2N3O6S/c1-2-13-38(35,36)37-18-10-7-16(8-11-18)25-19(15-32)24(26(34)29-21-5-3-4-6-23(21)33)30-31(25)22-12-9-17(27)14-20(22)28/h7-12,14,21,23,32-33H,2-6,13,15H2,1H3,(H,29,34). The molecule has 1 heterocycles. The molecule has 2 aromatic carbocycles. The van der Waals surface area contributed by atoms with E-state index in [-0.39, 0.29) is 27.8 Å². The summed E-state index contributed by atoms with van der Waals surface area (Å²) in [7, 11) is -3.72. The van der Waals surface area contributed by atoms with Gasteiger partial charge in [0.15, 0.2) is 5.69 Å². The second-order valence-corrected chi connectivity index (χ2v) is 11.7. The molecule has 1 aromatic heterocycles. The Balaban J connectivity index is 1.78. The number of nitrogens with zero attached hydrogens (tertiary/aromatic N) is 2. The van der Waals surface area contributed by atoms with Crippen molar-refractivity contribution in [3.63, 3.8) is 0 Å². The fraction of sp³-hybridized carbons (Fsp3) is 0.385. The van der Waals surface area contributed by atoms with E-state index >= 15 is 0 Å². The number of carbonyl (C=O) groups is 1. The van der Waals surface area contributed by atoms with Crippen LogP contribution in [0.5, 0.6) is 5.75 Å². The molecule has 1 amide bonds. The summed E-state index contributed by atoms with van der Waals surface area (Å²) in [5.74, 6) is -0.511. The highest BCUT2D eigenvalue weighted by molar-refractivity contribution is 7.87. The summed E-state index contributed by atoms with van der Waals surface area (Å²) in [6.45, 7) is 1.23. The number of aliphatic hydroxyl groups is 2. The number of halogens is 2. The van der Waals surface area contributed by atoms with Crippen LogP contribution in [0.2, 0.25) is 10.0 Å². The van der Waals surface area contributed by atoms with E-state index in [1.807, 2.05) is 0 Å². The number of benzene rings is 2. The average Bonchev–Trinajstić information content (AvgIpc) is 3.25. The van der Waals surface area contributed by atoms with Crippen LogP contribution in [0.1, 0.15) is 55.1 Å². The van der Waals surface area contributed by atoms with Crippen LogP contribution in [0.4, 0.5) is 0 Å². The molecule has 2 atom stereocenters. The summed E-state index contributed by atoms with van der Waals surface area (Å²) in [6.07, 6.45) is 2.78. The van der Waals surface area contributed by atoms with Gasteiger partial charge in [0, 0.05) is 16.1 Å². The van der Waals surface area contributed by atoms with Gasteiger partial charge >= 0.3 is 10.1 Å². The van der Waals surface area contributed by atoms with Crippen LogP contribution < -0.4 is 9.50 Å². The highest BCUT2D eigenvalue weighted by atomic mass is 35.5. The van der Waals surface area contributed by atoms with Gasteiger partial charge in [-0.1, -0.05) is 43.0 Å². The summed E-state index contributed by atoms with van der Waals surface area (Å²) in [5, 5.41) is 28.8. The van der Waals surface area contributed by atoms with Gasteiger partial charge in [-0.2, -0.15) is 13.5 Å². The number of nitrogens with one attached hydrogen (secondary N) is 1. The molecule has 0 radical (unpaired) electrons. The smallest absolute Gasteiger partial charge is 0.309 e. The quantitative estimate of drug-likeness (QED) is 0.317. The van der Waals surface area contributed by atoms with E-state index in [2.05, 4.69) is 10.4 Å². The molecule has 4 rings (SSSR count). The number of rotatable bonds is 9. The second kappa shape index (κ2) is 12.0. The maximum absolute atomic E-state index is 13.3. The van der Waals surface area contributed by atoms with Crippen LogP contribution in [0.25, 0.3) is 16.9 Å². The molecule has 9 nitrogen and oxygen atoms in total. The zero-order valence-corrected chi connectivity index (χ0v) is 23.1. The minimum absolute atomic E-state index is 0.0165. The Labute approximate surface area is 231 Å². The van der Waals surface area contributed by atoms with E-state index in [4.69, 9.17) is 27.4 Å². The topological polar surface area (TPSA) is 131 Å². The van der Waals surface area contributed by atoms with Crippen LogP contribution in [0.3, 0.4) is 0 Å². The minimum atomic E-state index is -3.72. The summed E-state index contributed by atoms with van der Waals surface area (Å²) in [4.78, 5) is 13.3. The van der Waals surface area contributed by atoms with Gasteiger partial charge in [0.25, 0.3) is 5.91 Å². The van der Waals surface area contributed by atoms with Gasteiger partial charge in [-0.3, -0.25) is 4.79 Å². The Morgan fingerprint density at radius 1 is 1.16 bits per heavy atom. The van der Waals surface area contributed by atoms with Crippen LogP contribution in [-0.4, -0.2) is 52.2 Å². The van der Waals surface area contributed by atoms with Crippen molar-refractivity contribution in [2.75, 3.05) is 5.75 Å². The molecular weight excluding hydrogens is 553 g/mol. The molecule has 3 N–H and O–H groups in total. The molecule has 204 valence electrons. The first-order chi connectivity index (χ1) is 18.1. The van der Waals surface area contributed by atoms with E-state index in [1.165, 1.54) is 22.9 Å². The van der Waals surface area contributed by atoms with Crippen molar-refractivity contribution in [1.29, 1.82) is 0 Å². The van der Waals surface area contributed by atoms with Gasteiger partial charge in [-0.15, -0.1) is 0 Å². The highest BCUT2D eigenvalue weighted by Gasteiger charge is 2.30. The van der Waals surface area contributed by atoms with E-state index in [9.17, 15) is 23.4 Å². The van der Waals surface area contributed by atoms with Crippen LogP contribution in [-0.2, 0) is 16.7 Å². The summed E-state index contributed by atoms with van der Waals surface area (Å²) < 4.78 is 30.7. The molecule has 0 aliphatic heterocycles. The maximum atomic E-state index is 13.3. The minimum Gasteiger partial charge on any atom is -0.392 e. The van der Waals surface area contributed by atoms with Gasteiger partial charge in [-0.25, -0.2) is 4.68 Å². The summed E-state index contributed by atoms with van der Waals surface area (Å²) in [6, 6.07) is 10.6. The first-order valence-corrected chi connectivity index (χ1v) is 14.7. The van der Waals surface area contributed by atoms with Crippen LogP contribution in [0.15, 0.2) is 42.5 Å². The Morgan fingerprint density at radius 2 is 1.87 bits per heavy atom. The lowest BCUT2D eigenvalue weighted by molar-refractivity contribution is 0.0711. The molecule has 3 aromatic rings. The van der Waals surface area contributed by atoms with Gasteiger partial charge in [0.05, 0.1) is 40.9 Å². The lowest BCUT2D eigenvalue weighted by atomic mass is 9.92. The third kappa shape index (κ3) is 6.32. The lowest BCUT2D eigenvalue weighted by Crippen LogP contribution is -2.45. The lowest BCUT2D eigenvalue weighted by Gasteiger charge is -2.28. The fourth-order valence-electron chi connectivity index (χ4n) is 4.53. The molecular formula is C26H29Cl2N3O6S. The Kier molecular flexibility index (Phi) is 9.00. The predicted molar refractivity (Wildman–Crippen MR) is 145 cm³/mol. The van der Waals surface area contributed by atoms with E-state index in [0.717, 1.165) is 12.8 Å². The number of amides is 1. The molecule has 0 saturated heterocycles. The first kappa shape index (κ1) is 28.4. The third-order valence-electron chi connectivity index (χ3n) is 6.35. The normalized spacial score (nSPS) is 17.8. The van der Waals surface area contributed by atoms with Crippen LogP contribution >= 0.6 is 23.2 Å². The Bertz CT molecular complexity index is 1410. The number of hydrogen-bond acceptors (Lipinski definition) is 7. The summed E-state index contributed by atoms with van der Waals surface area (Å²) >= 11 is 12.6. The van der Waals surface area contributed by atoms with Gasteiger partial charge in [-0.05, 0) is 61.7 Å². The molecule has 1 saturated carbocycles. The van der Waals surface area contributed by atoms with E-state index < -0.39 is 34.8 Å². The second-order valence-electron chi connectivity index (χ2n) is 9.14. The number of aromatic nitrogens is 2. The first-order valence-electron chi connectivity index (χ1n) is 12.3. The monoisotopic (exact) mass is 581 g/mol. The molecule has 1 fully saturated rings. The molecule has 38 heavy (non-hydrogen) atoms. The third-order valence-corrected chi connectivity index (χ3v) is 8.24. The predicted octanol–water partition coefficient (Wildman–Crippen LogP) is 4.49. The van der Waals surface area contributed by atoms with Gasteiger partial charge < -0.3 is 19.7 Å². The average molecular weight is 583 g/mol. The van der Waals surface area contributed by atoms with Crippen molar-refractivity contribution in [2.24, 2.45) is 0 Å². The molecule has 1 aliphatic carbocycles. The SMILES string of the molecule is CCCS(=O)(=O)Oc1ccc(-c2c(CO)c(C(=O)NC3CCCCC3O)nn2-c2ccc(Cl)cc2Cl)cc1. The van der Waals surface area contributed by atoms with Gasteiger partial charge in [0.1, 0.15) is 5.75 Å². The largest absolute Gasteiger partial charge is 0.392 e. The number of hydrogen-bond donors (Lipinski definition) is 3. The van der Waals surface area contributed by atoms with Crippen molar-refractivity contribution in [3.05, 3.63) is 63.8 Å². The molecule has 2 unspecified atom stereocenters. The van der Waals surface area contributed by atoms with Crippen molar-refractivity contribution in [2.45, 2.75) is 57.8 Å². The van der Waals surface area contributed by atoms with Crippen molar-refractivity contribution in [1.82, 2.24) is 15.1 Å². The maximum Gasteiger partial charge on any atom is 0.309 e. The number of aliphatic hydroxyl groups excluding tert-OH is 2. The van der Waals surface area contributed by atoms with Crippen molar-refractivity contribution >= 4 is 39.2 Å². The molecule has 0 spiro atoms.